The molecular formula is C12H14O2. The average Bonchev–Trinajstić information content (AvgIpc) is 2.16. The molecule has 14 heavy (non-hydrogen) atoms. The number of benzene rings is 1. The van der Waals surface area contributed by atoms with E-state index in [0.717, 1.165) is 23.2 Å². The van der Waals surface area contributed by atoms with Crippen LogP contribution in [-0.4, -0.2) is 13.4 Å². The van der Waals surface area contributed by atoms with Crippen molar-refractivity contribution in [2.75, 3.05) is 7.11 Å². The number of aldehydes is 1. The van der Waals surface area contributed by atoms with Crippen LogP contribution >= 0.6 is 0 Å². The predicted molar refractivity (Wildman–Crippen MR) is 57.7 cm³/mol. The van der Waals surface area contributed by atoms with Gasteiger partial charge in [0.25, 0.3) is 0 Å². The summed E-state index contributed by atoms with van der Waals surface area (Å²) < 4.78 is 5.09. The minimum Gasteiger partial charge on any atom is -0.497 e. The Morgan fingerprint density at radius 2 is 2.00 bits per heavy atom. The molecule has 0 fully saturated rings. The van der Waals surface area contributed by atoms with Crippen LogP contribution in [0.1, 0.15) is 29.8 Å². The first-order chi connectivity index (χ1) is 6.67. The third-order valence-corrected chi connectivity index (χ3v) is 1.87. The molecule has 0 aliphatic rings. The largest absolute Gasteiger partial charge is 0.497 e. The van der Waals surface area contributed by atoms with Gasteiger partial charge in [-0.15, -0.1) is 0 Å². The molecule has 0 aliphatic heterocycles. The van der Waals surface area contributed by atoms with Gasteiger partial charge in [0.15, 0.2) is 6.29 Å². The number of allylic oxidation sites excluding steroid dienone is 1. The molecule has 0 saturated heterocycles. The maximum Gasteiger partial charge on any atom is 0.150 e. The van der Waals surface area contributed by atoms with Gasteiger partial charge in [-0.1, -0.05) is 11.6 Å². The molecule has 0 bridgehead atoms. The van der Waals surface area contributed by atoms with E-state index in [1.807, 2.05) is 26.0 Å². The predicted octanol–water partition coefficient (Wildman–Crippen LogP) is 2.93. The van der Waals surface area contributed by atoms with Gasteiger partial charge in [0, 0.05) is 5.56 Å². The van der Waals surface area contributed by atoms with E-state index in [9.17, 15) is 4.79 Å². The van der Waals surface area contributed by atoms with Crippen LogP contribution < -0.4 is 4.74 Å². The van der Waals surface area contributed by atoms with Crippen LogP contribution in [0.15, 0.2) is 23.8 Å². The number of hydrogen-bond donors (Lipinski definition) is 0. The summed E-state index contributed by atoms with van der Waals surface area (Å²) in [6, 6.07) is 5.41. The van der Waals surface area contributed by atoms with Crippen molar-refractivity contribution in [3.8, 4) is 5.75 Å². The first-order valence-electron chi connectivity index (χ1n) is 4.45. The molecule has 0 N–H and O–H groups in total. The van der Waals surface area contributed by atoms with E-state index in [4.69, 9.17) is 4.74 Å². The Balaban J connectivity index is 3.21. The monoisotopic (exact) mass is 190 g/mol. The summed E-state index contributed by atoms with van der Waals surface area (Å²) in [4.78, 5) is 10.7. The van der Waals surface area contributed by atoms with Crippen molar-refractivity contribution in [3.63, 3.8) is 0 Å². The summed E-state index contributed by atoms with van der Waals surface area (Å²) in [5.74, 6) is 0.767. The van der Waals surface area contributed by atoms with Gasteiger partial charge in [0.2, 0.25) is 0 Å². The van der Waals surface area contributed by atoms with E-state index in [2.05, 4.69) is 0 Å². The number of carbonyl (C=O) groups excluding carboxylic acids is 1. The first kappa shape index (κ1) is 10.5. The summed E-state index contributed by atoms with van der Waals surface area (Å²) in [7, 11) is 1.61. The number of rotatable bonds is 3. The molecule has 0 saturated carbocycles. The minimum atomic E-state index is 0.687. The third kappa shape index (κ3) is 2.46. The van der Waals surface area contributed by atoms with Crippen LogP contribution in [0.3, 0.4) is 0 Å². The Morgan fingerprint density at radius 1 is 1.29 bits per heavy atom. The molecule has 0 aliphatic carbocycles. The molecule has 1 rings (SSSR count). The van der Waals surface area contributed by atoms with Crippen molar-refractivity contribution in [2.24, 2.45) is 0 Å². The fraction of sp³-hybridized carbons (Fsp3) is 0.250. The fourth-order valence-electron chi connectivity index (χ4n) is 1.22. The minimum absolute atomic E-state index is 0.687. The Hall–Kier alpha value is -1.57. The Labute approximate surface area is 84.2 Å². The second-order valence-corrected chi connectivity index (χ2v) is 3.33. The van der Waals surface area contributed by atoms with E-state index in [-0.39, 0.29) is 0 Å². The lowest BCUT2D eigenvalue weighted by Gasteiger charge is -2.04. The van der Waals surface area contributed by atoms with Crippen LogP contribution in [0.4, 0.5) is 0 Å². The van der Waals surface area contributed by atoms with Gasteiger partial charge >= 0.3 is 0 Å². The van der Waals surface area contributed by atoms with Gasteiger partial charge in [0.1, 0.15) is 5.75 Å². The summed E-state index contributed by atoms with van der Waals surface area (Å²) in [6.07, 6.45) is 2.82. The van der Waals surface area contributed by atoms with Gasteiger partial charge in [-0.2, -0.15) is 0 Å². The Kier molecular flexibility index (Phi) is 3.46. The Bertz CT molecular complexity index is 361. The quantitative estimate of drug-likeness (QED) is 0.685. The highest BCUT2D eigenvalue weighted by atomic mass is 16.5. The van der Waals surface area contributed by atoms with E-state index >= 15 is 0 Å². The molecule has 0 atom stereocenters. The zero-order valence-corrected chi connectivity index (χ0v) is 8.70. The van der Waals surface area contributed by atoms with Crippen molar-refractivity contribution in [2.45, 2.75) is 13.8 Å². The fourth-order valence-corrected chi connectivity index (χ4v) is 1.22. The third-order valence-electron chi connectivity index (χ3n) is 1.87. The van der Waals surface area contributed by atoms with Crippen molar-refractivity contribution < 1.29 is 9.53 Å². The molecule has 74 valence electrons. The molecule has 0 radical (unpaired) electrons. The summed E-state index contributed by atoms with van der Waals surface area (Å²) in [5, 5.41) is 0. The lowest BCUT2D eigenvalue weighted by Crippen LogP contribution is -1.89. The summed E-state index contributed by atoms with van der Waals surface area (Å²) >= 11 is 0. The molecule has 0 unspecified atom stereocenters. The SMILES string of the molecule is COc1ccc(C=O)c(C=C(C)C)c1. The van der Waals surface area contributed by atoms with Crippen LogP contribution in [0.5, 0.6) is 5.75 Å². The Morgan fingerprint density at radius 3 is 2.50 bits per heavy atom. The molecule has 0 amide bonds. The van der Waals surface area contributed by atoms with Crippen molar-refractivity contribution >= 4 is 12.4 Å². The zero-order valence-electron chi connectivity index (χ0n) is 8.70. The molecule has 1 aromatic rings. The topological polar surface area (TPSA) is 26.3 Å². The second kappa shape index (κ2) is 4.61. The second-order valence-electron chi connectivity index (χ2n) is 3.33. The van der Waals surface area contributed by atoms with Gasteiger partial charge in [0.05, 0.1) is 7.11 Å². The van der Waals surface area contributed by atoms with Gasteiger partial charge in [-0.05, 0) is 37.6 Å². The normalized spacial score (nSPS) is 9.36. The maximum atomic E-state index is 10.7. The highest BCUT2D eigenvalue weighted by molar-refractivity contribution is 5.82. The highest BCUT2D eigenvalue weighted by Crippen LogP contribution is 2.18. The molecular weight excluding hydrogens is 176 g/mol. The van der Waals surface area contributed by atoms with E-state index in [0.29, 0.717) is 5.56 Å². The molecule has 2 heteroatoms. The molecule has 0 aromatic heterocycles. The van der Waals surface area contributed by atoms with Gasteiger partial charge in [-0.25, -0.2) is 0 Å². The molecule has 0 heterocycles. The molecule has 1 aromatic carbocycles. The van der Waals surface area contributed by atoms with Crippen LogP contribution in [-0.2, 0) is 0 Å². The number of hydrogen-bond acceptors (Lipinski definition) is 2. The molecule has 0 spiro atoms. The summed E-state index contributed by atoms with van der Waals surface area (Å²) in [5.41, 5.74) is 2.74. The number of carbonyl (C=O) groups is 1. The zero-order chi connectivity index (χ0) is 10.6. The van der Waals surface area contributed by atoms with Crippen molar-refractivity contribution in [1.82, 2.24) is 0 Å². The maximum absolute atomic E-state index is 10.7. The van der Waals surface area contributed by atoms with Crippen molar-refractivity contribution in [3.05, 3.63) is 34.9 Å². The van der Waals surface area contributed by atoms with Crippen LogP contribution in [0, 0.1) is 0 Å². The van der Waals surface area contributed by atoms with E-state index in [1.165, 1.54) is 0 Å². The van der Waals surface area contributed by atoms with E-state index in [1.54, 1.807) is 19.2 Å². The lowest BCUT2D eigenvalue weighted by atomic mass is 10.1. The van der Waals surface area contributed by atoms with Crippen LogP contribution in [0.25, 0.3) is 6.08 Å². The standard InChI is InChI=1S/C12H14O2/c1-9(2)6-11-7-12(14-3)5-4-10(11)8-13/h4-8H,1-3H3. The van der Waals surface area contributed by atoms with Crippen LogP contribution in [0.2, 0.25) is 0 Å². The molecule has 2 nitrogen and oxygen atoms in total. The first-order valence-corrected chi connectivity index (χ1v) is 4.45. The van der Waals surface area contributed by atoms with E-state index < -0.39 is 0 Å². The lowest BCUT2D eigenvalue weighted by molar-refractivity contribution is 0.112. The number of methoxy groups -OCH3 is 1. The average molecular weight is 190 g/mol. The highest BCUT2D eigenvalue weighted by Gasteiger charge is 2.00. The number of ether oxygens (including phenoxy) is 1. The van der Waals surface area contributed by atoms with Crippen molar-refractivity contribution in [1.29, 1.82) is 0 Å². The smallest absolute Gasteiger partial charge is 0.150 e. The van der Waals surface area contributed by atoms with Gasteiger partial charge < -0.3 is 4.74 Å². The van der Waals surface area contributed by atoms with Gasteiger partial charge in [-0.3, -0.25) is 4.79 Å². The summed E-state index contributed by atoms with van der Waals surface area (Å²) in [6.45, 7) is 3.99.